The van der Waals surface area contributed by atoms with E-state index >= 15 is 0 Å². The molecule has 0 radical (unpaired) electrons. The van der Waals surface area contributed by atoms with E-state index < -0.39 is 0 Å². The summed E-state index contributed by atoms with van der Waals surface area (Å²) >= 11 is 4.85. The summed E-state index contributed by atoms with van der Waals surface area (Å²) in [6.07, 6.45) is 6.02. The predicted molar refractivity (Wildman–Crippen MR) is 80.7 cm³/mol. The number of ether oxygens (including phenoxy) is 1. The molecule has 0 spiro atoms. The Kier molecular flexibility index (Phi) is 7.60. The Morgan fingerprint density at radius 2 is 1.95 bits per heavy atom. The van der Waals surface area contributed by atoms with Gasteiger partial charge in [-0.1, -0.05) is 44.8 Å². The van der Waals surface area contributed by atoms with Crippen molar-refractivity contribution in [3.8, 4) is 0 Å². The fourth-order valence-electron chi connectivity index (χ4n) is 1.87. The third-order valence-corrected chi connectivity index (χ3v) is 3.14. The first kappa shape index (κ1) is 16.1. The lowest BCUT2D eigenvalue weighted by molar-refractivity contribution is 0.116. The Hall–Kier alpha value is -1.00. The number of halogens is 1. The fraction of sp³-hybridized carbons (Fsp3) is 0.533. The maximum absolute atomic E-state index is 13.3. The predicted octanol–water partition coefficient (Wildman–Crippen LogP) is 3.95. The van der Waals surface area contributed by atoms with Crippen molar-refractivity contribution in [3.63, 3.8) is 0 Å². The van der Waals surface area contributed by atoms with Crippen LogP contribution in [0.1, 0.15) is 50.2 Å². The van der Waals surface area contributed by atoms with Crippen LogP contribution in [0, 0.1) is 5.82 Å². The average molecular weight is 283 g/mol. The molecule has 4 heteroatoms. The molecule has 1 rings (SSSR count). The molecule has 106 valence electrons. The van der Waals surface area contributed by atoms with Crippen LogP contribution in [0.5, 0.6) is 0 Å². The smallest absolute Gasteiger partial charge is 0.124 e. The topological polar surface area (TPSA) is 35.2 Å². The van der Waals surface area contributed by atoms with Gasteiger partial charge >= 0.3 is 0 Å². The SMILES string of the molecule is CCCCCCCOCc1cc(F)cc(C(N)=S)c1. The number of rotatable bonds is 9. The first-order valence-electron chi connectivity index (χ1n) is 6.80. The van der Waals surface area contributed by atoms with E-state index in [4.69, 9.17) is 22.7 Å². The summed E-state index contributed by atoms with van der Waals surface area (Å²) in [4.78, 5) is 0.209. The van der Waals surface area contributed by atoms with E-state index in [2.05, 4.69) is 6.92 Å². The molecule has 0 bridgehead atoms. The summed E-state index contributed by atoms with van der Waals surface area (Å²) in [5.41, 5.74) is 6.83. The van der Waals surface area contributed by atoms with Gasteiger partial charge in [-0.2, -0.15) is 0 Å². The van der Waals surface area contributed by atoms with Crippen molar-refractivity contribution >= 4 is 17.2 Å². The second kappa shape index (κ2) is 8.99. The summed E-state index contributed by atoms with van der Waals surface area (Å²) in [5.74, 6) is -0.327. The van der Waals surface area contributed by atoms with E-state index in [-0.39, 0.29) is 10.8 Å². The van der Waals surface area contributed by atoms with E-state index in [1.165, 1.54) is 37.8 Å². The molecule has 2 N–H and O–H groups in total. The Morgan fingerprint density at radius 1 is 1.21 bits per heavy atom. The van der Waals surface area contributed by atoms with Gasteiger partial charge < -0.3 is 10.5 Å². The molecule has 0 aromatic heterocycles. The van der Waals surface area contributed by atoms with Gasteiger partial charge in [-0.15, -0.1) is 0 Å². The van der Waals surface area contributed by atoms with Crippen molar-refractivity contribution in [3.05, 3.63) is 35.1 Å². The van der Waals surface area contributed by atoms with Crippen molar-refractivity contribution in [2.75, 3.05) is 6.61 Å². The van der Waals surface area contributed by atoms with Crippen molar-refractivity contribution < 1.29 is 9.13 Å². The molecule has 0 heterocycles. The van der Waals surface area contributed by atoms with Crippen LogP contribution >= 0.6 is 12.2 Å². The van der Waals surface area contributed by atoms with Gasteiger partial charge in [0.2, 0.25) is 0 Å². The maximum atomic E-state index is 13.3. The van der Waals surface area contributed by atoms with Crippen LogP contribution in [0.15, 0.2) is 18.2 Å². The molecular formula is C15H22FNOS. The molecule has 0 amide bonds. The lowest BCUT2D eigenvalue weighted by Crippen LogP contribution is -2.10. The van der Waals surface area contributed by atoms with E-state index in [1.54, 1.807) is 6.07 Å². The van der Waals surface area contributed by atoms with Crippen LogP contribution in [-0.4, -0.2) is 11.6 Å². The number of hydrogen-bond acceptors (Lipinski definition) is 2. The third kappa shape index (κ3) is 6.64. The Bertz CT molecular complexity index is 409. The van der Waals surface area contributed by atoms with Crippen LogP contribution in [0.4, 0.5) is 4.39 Å². The van der Waals surface area contributed by atoms with E-state index in [0.717, 1.165) is 12.0 Å². The van der Waals surface area contributed by atoms with Crippen LogP contribution in [0.2, 0.25) is 0 Å². The largest absolute Gasteiger partial charge is 0.389 e. The van der Waals surface area contributed by atoms with Crippen LogP contribution in [0.25, 0.3) is 0 Å². The minimum absolute atomic E-state index is 0.209. The third-order valence-electron chi connectivity index (χ3n) is 2.90. The zero-order chi connectivity index (χ0) is 14.1. The number of benzene rings is 1. The molecule has 1 aromatic carbocycles. The second-order valence-electron chi connectivity index (χ2n) is 4.68. The Balaban J connectivity index is 2.31. The van der Waals surface area contributed by atoms with Crippen molar-refractivity contribution in [2.24, 2.45) is 5.73 Å². The molecule has 2 nitrogen and oxygen atoms in total. The lowest BCUT2D eigenvalue weighted by atomic mass is 10.1. The molecule has 0 unspecified atom stereocenters. The highest BCUT2D eigenvalue weighted by molar-refractivity contribution is 7.80. The molecule has 0 atom stereocenters. The fourth-order valence-corrected chi connectivity index (χ4v) is 1.99. The van der Waals surface area contributed by atoms with Crippen LogP contribution in [0.3, 0.4) is 0 Å². The molecule has 0 aliphatic carbocycles. The number of nitrogens with two attached hydrogens (primary N) is 1. The van der Waals surface area contributed by atoms with Gasteiger partial charge in [0.25, 0.3) is 0 Å². The molecule has 19 heavy (non-hydrogen) atoms. The normalized spacial score (nSPS) is 10.6. The average Bonchev–Trinajstić information content (AvgIpc) is 2.37. The molecule has 0 fully saturated rings. The van der Waals surface area contributed by atoms with Gasteiger partial charge in [0.15, 0.2) is 0 Å². The lowest BCUT2D eigenvalue weighted by Gasteiger charge is -2.07. The minimum atomic E-state index is -0.327. The zero-order valence-electron chi connectivity index (χ0n) is 11.5. The highest BCUT2D eigenvalue weighted by Crippen LogP contribution is 2.11. The van der Waals surface area contributed by atoms with Gasteiger partial charge in [-0.05, 0) is 30.2 Å². The first-order chi connectivity index (χ1) is 9.13. The van der Waals surface area contributed by atoms with Gasteiger partial charge in [0.05, 0.1) is 6.61 Å². The van der Waals surface area contributed by atoms with Crippen molar-refractivity contribution in [1.29, 1.82) is 0 Å². The zero-order valence-corrected chi connectivity index (χ0v) is 12.3. The number of unbranched alkanes of at least 4 members (excludes halogenated alkanes) is 4. The summed E-state index contributed by atoms with van der Waals surface area (Å²) in [6.45, 7) is 3.31. The van der Waals surface area contributed by atoms with E-state index in [9.17, 15) is 4.39 Å². The van der Waals surface area contributed by atoms with Crippen LogP contribution < -0.4 is 5.73 Å². The molecule has 0 aliphatic rings. The molecular weight excluding hydrogens is 261 g/mol. The maximum Gasteiger partial charge on any atom is 0.124 e. The first-order valence-corrected chi connectivity index (χ1v) is 7.21. The van der Waals surface area contributed by atoms with E-state index in [0.29, 0.717) is 18.8 Å². The summed E-state index contributed by atoms with van der Waals surface area (Å²) in [6, 6.07) is 4.58. The van der Waals surface area contributed by atoms with Gasteiger partial charge in [-0.3, -0.25) is 0 Å². The monoisotopic (exact) mass is 283 g/mol. The Labute approximate surface area is 120 Å². The van der Waals surface area contributed by atoms with Crippen molar-refractivity contribution in [2.45, 2.75) is 45.6 Å². The molecule has 0 saturated carbocycles. The summed E-state index contributed by atoms with van der Waals surface area (Å²) < 4.78 is 18.9. The number of hydrogen-bond donors (Lipinski definition) is 1. The van der Waals surface area contributed by atoms with Gasteiger partial charge in [0.1, 0.15) is 10.8 Å². The van der Waals surface area contributed by atoms with E-state index in [1.807, 2.05) is 0 Å². The second-order valence-corrected chi connectivity index (χ2v) is 5.12. The van der Waals surface area contributed by atoms with Gasteiger partial charge in [0, 0.05) is 12.2 Å². The highest BCUT2D eigenvalue weighted by Gasteiger charge is 2.03. The summed E-state index contributed by atoms with van der Waals surface area (Å²) in [7, 11) is 0. The standard InChI is InChI=1S/C15H22FNOS/c1-2-3-4-5-6-7-18-11-12-8-13(15(17)19)10-14(16)9-12/h8-10H,2-7,11H2,1H3,(H2,17,19). The minimum Gasteiger partial charge on any atom is -0.389 e. The molecule has 0 saturated heterocycles. The summed E-state index contributed by atoms with van der Waals surface area (Å²) in [5, 5.41) is 0. The molecule has 0 aliphatic heterocycles. The highest BCUT2D eigenvalue weighted by atomic mass is 32.1. The quantitative estimate of drug-likeness (QED) is 0.550. The van der Waals surface area contributed by atoms with Crippen LogP contribution in [-0.2, 0) is 11.3 Å². The van der Waals surface area contributed by atoms with Gasteiger partial charge in [-0.25, -0.2) is 4.39 Å². The molecule has 1 aromatic rings. The van der Waals surface area contributed by atoms with Crippen molar-refractivity contribution in [1.82, 2.24) is 0 Å². The Morgan fingerprint density at radius 3 is 2.63 bits per heavy atom. The number of thiocarbonyl (C=S) groups is 1.